The van der Waals surface area contributed by atoms with Gasteiger partial charge in [-0.15, -0.1) is 11.3 Å². The van der Waals surface area contributed by atoms with Crippen LogP contribution in [0.5, 0.6) is 5.75 Å². The van der Waals surface area contributed by atoms with Crippen molar-refractivity contribution in [3.05, 3.63) is 53.8 Å². The van der Waals surface area contributed by atoms with Crippen LogP contribution in [0.1, 0.15) is 17.4 Å². The van der Waals surface area contributed by atoms with Crippen molar-refractivity contribution in [2.45, 2.75) is 6.92 Å². The Labute approximate surface area is 148 Å². The van der Waals surface area contributed by atoms with E-state index in [2.05, 4.69) is 15.6 Å². The third-order valence-electron chi connectivity index (χ3n) is 3.32. The van der Waals surface area contributed by atoms with Crippen molar-refractivity contribution in [1.82, 2.24) is 9.55 Å². The van der Waals surface area contributed by atoms with E-state index in [9.17, 15) is 9.59 Å². The van der Waals surface area contributed by atoms with Gasteiger partial charge in [-0.05, 0) is 30.3 Å². The number of nitrogens with zero attached hydrogens (tertiary/aromatic N) is 2. The molecule has 128 valence electrons. The minimum Gasteiger partial charge on any atom is -0.495 e. The van der Waals surface area contributed by atoms with Crippen molar-refractivity contribution in [2.24, 2.45) is 0 Å². The zero-order valence-electron chi connectivity index (χ0n) is 13.6. The molecule has 3 aromatic rings. The number of hydrogen-bond acceptors (Lipinski definition) is 5. The molecular weight excluding hydrogens is 340 g/mol. The van der Waals surface area contributed by atoms with Gasteiger partial charge < -0.3 is 19.9 Å². The molecule has 8 heteroatoms. The minimum absolute atomic E-state index is 0.196. The van der Waals surface area contributed by atoms with Gasteiger partial charge in [0.2, 0.25) is 5.91 Å². The molecule has 2 amide bonds. The molecule has 0 bridgehead atoms. The van der Waals surface area contributed by atoms with E-state index in [1.807, 2.05) is 29.1 Å². The van der Waals surface area contributed by atoms with Crippen LogP contribution in [-0.4, -0.2) is 28.5 Å². The zero-order chi connectivity index (χ0) is 17.8. The van der Waals surface area contributed by atoms with Crippen LogP contribution in [0.25, 0.3) is 5.13 Å². The van der Waals surface area contributed by atoms with Gasteiger partial charge in [-0.2, -0.15) is 0 Å². The third kappa shape index (κ3) is 3.86. The Balaban J connectivity index is 1.81. The number of thiazole rings is 1. The first kappa shape index (κ1) is 16.7. The Hall–Kier alpha value is -3.13. The molecule has 2 N–H and O–H groups in total. The molecule has 7 nitrogen and oxygen atoms in total. The Bertz CT molecular complexity index is 903. The fraction of sp³-hybridized carbons (Fsp3) is 0.118. The van der Waals surface area contributed by atoms with Crippen LogP contribution < -0.4 is 15.4 Å². The van der Waals surface area contributed by atoms with E-state index in [0.29, 0.717) is 27.9 Å². The molecule has 0 saturated heterocycles. The number of anilines is 2. The van der Waals surface area contributed by atoms with Crippen molar-refractivity contribution >= 4 is 34.5 Å². The summed E-state index contributed by atoms with van der Waals surface area (Å²) < 4.78 is 7.09. The first-order valence-electron chi connectivity index (χ1n) is 7.42. The van der Waals surface area contributed by atoms with Crippen LogP contribution in [0.15, 0.2) is 48.1 Å². The summed E-state index contributed by atoms with van der Waals surface area (Å²) in [7, 11) is 1.51. The van der Waals surface area contributed by atoms with Crippen molar-refractivity contribution in [3.63, 3.8) is 0 Å². The molecule has 0 aliphatic rings. The van der Waals surface area contributed by atoms with E-state index in [0.717, 1.165) is 0 Å². The molecule has 2 heterocycles. The highest BCUT2D eigenvalue weighted by atomic mass is 32.1. The maximum absolute atomic E-state index is 12.5. The van der Waals surface area contributed by atoms with E-state index in [1.54, 1.807) is 23.6 Å². The summed E-state index contributed by atoms with van der Waals surface area (Å²) in [6.45, 7) is 1.42. The molecule has 0 radical (unpaired) electrons. The Morgan fingerprint density at radius 2 is 1.96 bits per heavy atom. The lowest BCUT2D eigenvalue weighted by Crippen LogP contribution is -2.14. The van der Waals surface area contributed by atoms with Crippen LogP contribution in [0.4, 0.5) is 11.4 Å². The smallest absolute Gasteiger partial charge is 0.275 e. The molecule has 3 rings (SSSR count). The lowest BCUT2D eigenvalue weighted by molar-refractivity contribution is -0.114. The summed E-state index contributed by atoms with van der Waals surface area (Å²) in [6, 6.07) is 8.78. The fourth-order valence-electron chi connectivity index (χ4n) is 2.22. The summed E-state index contributed by atoms with van der Waals surface area (Å²) in [6.07, 6.45) is 3.72. The highest BCUT2D eigenvalue weighted by Gasteiger charge is 2.14. The van der Waals surface area contributed by atoms with E-state index in [-0.39, 0.29) is 11.8 Å². The summed E-state index contributed by atoms with van der Waals surface area (Å²) in [5.41, 5.74) is 1.32. The predicted octanol–water partition coefficient (Wildman–Crippen LogP) is 3.15. The van der Waals surface area contributed by atoms with E-state index < -0.39 is 0 Å². The number of methoxy groups -OCH3 is 1. The molecule has 25 heavy (non-hydrogen) atoms. The van der Waals surface area contributed by atoms with Crippen LogP contribution in [0.2, 0.25) is 0 Å². The molecular formula is C17H16N4O3S. The maximum Gasteiger partial charge on any atom is 0.275 e. The lowest BCUT2D eigenvalue weighted by atomic mass is 10.2. The van der Waals surface area contributed by atoms with Gasteiger partial charge in [0.25, 0.3) is 5.91 Å². The molecule has 0 spiro atoms. The monoisotopic (exact) mass is 356 g/mol. The predicted molar refractivity (Wildman–Crippen MR) is 96.7 cm³/mol. The highest BCUT2D eigenvalue weighted by molar-refractivity contribution is 7.12. The first-order valence-corrected chi connectivity index (χ1v) is 8.30. The number of amides is 2. The number of carbonyl (C=O) groups is 2. The summed E-state index contributed by atoms with van der Waals surface area (Å²) in [4.78, 5) is 28.0. The fourth-order valence-corrected chi connectivity index (χ4v) is 2.99. The normalized spacial score (nSPS) is 10.3. The number of aromatic nitrogens is 2. The summed E-state index contributed by atoms with van der Waals surface area (Å²) in [5.74, 6) is -0.0606. The van der Waals surface area contributed by atoms with Crippen molar-refractivity contribution in [3.8, 4) is 10.9 Å². The van der Waals surface area contributed by atoms with E-state index in [1.165, 1.54) is 25.4 Å². The van der Waals surface area contributed by atoms with Crippen molar-refractivity contribution in [1.29, 1.82) is 0 Å². The first-order chi connectivity index (χ1) is 12.1. The number of carbonyl (C=O) groups excluding carboxylic acids is 2. The van der Waals surface area contributed by atoms with Gasteiger partial charge in [-0.3, -0.25) is 9.59 Å². The van der Waals surface area contributed by atoms with Gasteiger partial charge >= 0.3 is 0 Å². The number of rotatable bonds is 5. The number of hydrogen-bond donors (Lipinski definition) is 2. The number of benzene rings is 1. The van der Waals surface area contributed by atoms with Crippen molar-refractivity contribution in [2.75, 3.05) is 17.7 Å². The molecule has 0 unspecified atom stereocenters. The van der Waals surface area contributed by atoms with Gasteiger partial charge in [0, 0.05) is 30.4 Å². The van der Waals surface area contributed by atoms with Crippen molar-refractivity contribution < 1.29 is 14.3 Å². The molecule has 0 aliphatic heterocycles. The highest BCUT2D eigenvalue weighted by Crippen LogP contribution is 2.28. The summed E-state index contributed by atoms with van der Waals surface area (Å²) >= 11 is 1.37. The largest absolute Gasteiger partial charge is 0.495 e. The van der Waals surface area contributed by atoms with E-state index >= 15 is 0 Å². The zero-order valence-corrected chi connectivity index (χ0v) is 14.5. The van der Waals surface area contributed by atoms with Gasteiger partial charge in [0.05, 0.1) is 12.8 Å². The average Bonchev–Trinajstić information content (AvgIpc) is 3.26. The van der Waals surface area contributed by atoms with Gasteiger partial charge in [-0.1, -0.05) is 0 Å². The molecule has 0 saturated carbocycles. The average molecular weight is 356 g/mol. The van der Waals surface area contributed by atoms with Gasteiger partial charge in [-0.25, -0.2) is 4.98 Å². The van der Waals surface area contributed by atoms with E-state index in [4.69, 9.17) is 4.74 Å². The standard InChI is InChI=1S/C17H16N4O3S/c1-11(22)18-12-5-6-15(24-2)13(9-12)19-16(23)14-10-25-17(20-14)21-7-3-4-8-21/h3-10H,1-2H3,(H,18,22)(H,19,23). The Morgan fingerprint density at radius 3 is 2.64 bits per heavy atom. The number of ether oxygens (including phenoxy) is 1. The minimum atomic E-state index is -0.354. The Morgan fingerprint density at radius 1 is 1.20 bits per heavy atom. The second-order valence-corrected chi connectivity index (χ2v) is 5.99. The van der Waals surface area contributed by atoms with Crippen LogP contribution in [0.3, 0.4) is 0 Å². The molecule has 0 atom stereocenters. The number of nitrogens with one attached hydrogen (secondary N) is 2. The molecule has 0 fully saturated rings. The quantitative estimate of drug-likeness (QED) is 0.735. The maximum atomic E-state index is 12.5. The topological polar surface area (TPSA) is 85.3 Å². The Kier molecular flexibility index (Phi) is 4.80. The summed E-state index contributed by atoms with van der Waals surface area (Å²) in [5, 5.41) is 7.83. The second-order valence-electron chi connectivity index (χ2n) is 5.16. The van der Waals surface area contributed by atoms with Gasteiger partial charge in [0.1, 0.15) is 11.4 Å². The van der Waals surface area contributed by atoms with Crippen LogP contribution in [-0.2, 0) is 4.79 Å². The molecule has 0 aliphatic carbocycles. The van der Waals surface area contributed by atoms with Gasteiger partial charge in [0.15, 0.2) is 5.13 Å². The SMILES string of the molecule is COc1ccc(NC(C)=O)cc1NC(=O)c1csc(-n2cccc2)n1. The third-order valence-corrected chi connectivity index (χ3v) is 4.17. The van der Waals surface area contributed by atoms with Crippen LogP contribution in [0, 0.1) is 0 Å². The lowest BCUT2D eigenvalue weighted by Gasteiger charge is -2.11. The molecule has 1 aromatic carbocycles. The van der Waals surface area contributed by atoms with Crippen LogP contribution >= 0.6 is 11.3 Å². The molecule has 2 aromatic heterocycles. The second kappa shape index (κ2) is 7.18.